The second-order valence-electron chi connectivity index (χ2n) is 7.00. The molecule has 8 nitrogen and oxygen atoms in total. The number of hydrogen-bond acceptors (Lipinski definition) is 6. The number of benzene rings is 1. The number of nitrogens with zero attached hydrogens (tertiary/aromatic N) is 1. The van der Waals surface area contributed by atoms with Gasteiger partial charge in [0.15, 0.2) is 15.4 Å². The van der Waals surface area contributed by atoms with Gasteiger partial charge in [-0.3, -0.25) is 4.98 Å². The Morgan fingerprint density at radius 1 is 1.19 bits per heavy atom. The van der Waals surface area contributed by atoms with E-state index in [2.05, 4.69) is 4.98 Å². The van der Waals surface area contributed by atoms with Crippen LogP contribution in [-0.2, 0) is 19.9 Å². The number of nitrogens with one attached hydrogen (secondary N) is 1. The summed E-state index contributed by atoms with van der Waals surface area (Å²) in [6.07, 6.45) is 0.581. The molecule has 0 aliphatic carbocycles. The van der Waals surface area contributed by atoms with Crippen molar-refractivity contribution in [2.24, 2.45) is 5.92 Å². The summed E-state index contributed by atoms with van der Waals surface area (Å²) in [5.41, 5.74) is 0.595. The molecule has 0 atom stereocenters. The minimum atomic E-state index is -3.76. The maximum Gasteiger partial charge on any atom is 0.417 e. The van der Waals surface area contributed by atoms with Gasteiger partial charge in [0.25, 0.3) is 0 Å². The Kier molecular flexibility index (Phi) is 5.02. The van der Waals surface area contributed by atoms with Gasteiger partial charge in [-0.25, -0.2) is 21.6 Å². The molecular weight excluding hydrogens is 380 g/mol. The molecule has 3 rings (SSSR count). The fraction of sp³-hybridized carbons (Fsp3) is 0.562. The number of sulfone groups is 1. The second-order valence-corrected chi connectivity index (χ2v) is 11.3. The third-order valence-electron chi connectivity index (χ3n) is 4.50. The topological polar surface area (TPSA) is 118 Å². The van der Waals surface area contributed by atoms with Crippen LogP contribution in [0.3, 0.4) is 0 Å². The Hall–Kier alpha value is -1.65. The van der Waals surface area contributed by atoms with Crippen LogP contribution >= 0.6 is 0 Å². The van der Waals surface area contributed by atoms with Crippen LogP contribution in [0.2, 0.25) is 0 Å². The molecule has 1 aliphatic heterocycles. The second kappa shape index (κ2) is 6.82. The zero-order valence-electron chi connectivity index (χ0n) is 14.6. The predicted molar refractivity (Wildman–Crippen MR) is 97.2 cm³/mol. The number of H-pyrrole nitrogens is 1. The molecule has 0 spiro atoms. The van der Waals surface area contributed by atoms with E-state index in [1.807, 2.05) is 13.8 Å². The SMILES string of the molecule is CC(C)CS(=O)(=O)C1CCN(S(=O)(=O)c2ccc3oc(=O)[nH]c3c2)CC1. The lowest BCUT2D eigenvalue weighted by atomic mass is 10.2. The number of oxazole rings is 1. The van der Waals surface area contributed by atoms with E-state index in [1.165, 1.54) is 22.5 Å². The molecule has 0 unspecified atom stereocenters. The van der Waals surface area contributed by atoms with E-state index in [-0.39, 0.29) is 35.2 Å². The van der Waals surface area contributed by atoms with Crippen LogP contribution in [-0.4, -0.2) is 50.2 Å². The Balaban J connectivity index is 1.78. The summed E-state index contributed by atoms with van der Waals surface area (Å²) in [5.74, 6) is -0.481. The molecule has 1 aliphatic rings. The molecule has 144 valence electrons. The fourth-order valence-corrected chi connectivity index (χ4v) is 6.90. The molecular formula is C16H22N2O6S2. The molecule has 0 radical (unpaired) electrons. The highest BCUT2D eigenvalue weighted by Gasteiger charge is 2.35. The van der Waals surface area contributed by atoms with Crippen molar-refractivity contribution < 1.29 is 21.3 Å². The quantitative estimate of drug-likeness (QED) is 0.806. The lowest BCUT2D eigenvalue weighted by Crippen LogP contribution is -2.43. The van der Waals surface area contributed by atoms with Gasteiger partial charge in [-0.1, -0.05) is 13.8 Å². The summed E-state index contributed by atoms with van der Waals surface area (Å²) in [6, 6.07) is 4.17. The predicted octanol–water partition coefficient (Wildman–Crippen LogP) is 1.34. The summed E-state index contributed by atoms with van der Waals surface area (Å²) in [4.78, 5) is 13.7. The van der Waals surface area contributed by atoms with Crippen LogP contribution in [0.1, 0.15) is 26.7 Å². The van der Waals surface area contributed by atoms with Crippen molar-refractivity contribution in [1.82, 2.24) is 9.29 Å². The van der Waals surface area contributed by atoms with Crippen molar-refractivity contribution in [2.75, 3.05) is 18.8 Å². The highest BCUT2D eigenvalue weighted by molar-refractivity contribution is 7.92. The number of aromatic amines is 1. The van der Waals surface area contributed by atoms with Crippen LogP contribution in [0, 0.1) is 5.92 Å². The largest absolute Gasteiger partial charge is 0.417 e. The fourth-order valence-electron chi connectivity index (χ4n) is 3.27. The van der Waals surface area contributed by atoms with E-state index in [0.717, 1.165) is 0 Å². The maximum atomic E-state index is 12.8. The first kappa shape index (κ1) is 19.1. The van der Waals surface area contributed by atoms with Gasteiger partial charge in [0.05, 0.1) is 21.4 Å². The molecule has 1 fully saturated rings. The van der Waals surface area contributed by atoms with E-state index in [1.54, 1.807) is 0 Å². The molecule has 0 bridgehead atoms. The first-order valence-corrected chi connectivity index (χ1v) is 11.6. The smallest absolute Gasteiger partial charge is 0.408 e. The third-order valence-corrected chi connectivity index (χ3v) is 9.02. The van der Waals surface area contributed by atoms with Crippen LogP contribution in [0.5, 0.6) is 0 Å². The first-order chi connectivity index (χ1) is 12.1. The molecule has 10 heteroatoms. The molecule has 2 heterocycles. The van der Waals surface area contributed by atoms with Crippen molar-refractivity contribution in [1.29, 1.82) is 0 Å². The summed E-state index contributed by atoms with van der Waals surface area (Å²) in [6.45, 7) is 4.02. The van der Waals surface area contributed by atoms with Crippen LogP contribution in [0.25, 0.3) is 11.1 Å². The first-order valence-electron chi connectivity index (χ1n) is 8.44. The van der Waals surface area contributed by atoms with Gasteiger partial charge in [0, 0.05) is 13.1 Å². The van der Waals surface area contributed by atoms with Gasteiger partial charge >= 0.3 is 5.76 Å². The van der Waals surface area contributed by atoms with Gasteiger partial charge in [-0.15, -0.1) is 0 Å². The molecule has 0 saturated carbocycles. The Labute approximate surface area is 152 Å². The molecule has 1 aromatic carbocycles. The number of fused-ring (bicyclic) bond motifs is 1. The molecule has 1 N–H and O–H groups in total. The lowest BCUT2D eigenvalue weighted by molar-refractivity contribution is 0.345. The standard InChI is InChI=1S/C16H22N2O6S2/c1-11(2)10-25(20,21)12-5-7-18(8-6-12)26(22,23)13-3-4-15-14(9-13)17-16(19)24-15/h3-4,9,11-12H,5-8,10H2,1-2H3,(H,17,19). The minimum absolute atomic E-state index is 0.0468. The number of rotatable bonds is 5. The third kappa shape index (κ3) is 3.72. The van der Waals surface area contributed by atoms with Gasteiger partial charge in [0.1, 0.15) is 0 Å². The van der Waals surface area contributed by atoms with Gasteiger partial charge in [-0.2, -0.15) is 4.31 Å². The van der Waals surface area contributed by atoms with Crippen molar-refractivity contribution in [3.8, 4) is 0 Å². The maximum absolute atomic E-state index is 12.8. The number of hydrogen-bond donors (Lipinski definition) is 1. The number of piperidine rings is 1. The average molecular weight is 402 g/mol. The van der Waals surface area contributed by atoms with E-state index in [4.69, 9.17) is 4.42 Å². The van der Waals surface area contributed by atoms with Gasteiger partial charge in [0.2, 0.25) is 10.0 Å². The highest BCUT2D eigenvalue weighted by atomic mass is 32.2. The highest BCUT2D eigenvalue weighted by Crippen LogP contribution is 2.26. The van der Waals surface area contributed by atoms with Crippen LogP contribution < -0.4 is 5.76 Å². The van der Waals surface area contributed by atoms with Crippen molar-refractivity contribution in [2.45, 2.75) is 36.8 Å². The Morgan fingerprint density at radius 2 is 1.85 bits per heavy atom. The molecule has 0 amide bonds. The van der Waals surface area contributed by atoms with E-state index in [0.29, 0.717) is 18.4 Å². The summed E-state index contributed by atoms with van der Waals surface area (Å²) in [5, 5.41) is -0.496. The Bertz CT molecular complexity index is 1060. The van der Waals surface area contributed by atoms with E-state index >= 15 is 0 Å². The minimum Gasteiger partial charge on any atom is -0.408 e. The average Bonchev–Trinajstić information content (AvgIpc) is 2.93. The van der Waals surface area contributed by atoms with Gasteiger partial charge < -0.3 is 4.42 Å². The van der Waals surface area contributed by atoms with Crippen molar-refractivity contribution in [3.05, 3.63) is 28.7 Å². The van der Waals surface area contributed by atoms with E-state index in [9.17, 15) is 21.6 Å². The lowest BCUT2D eigenvalue weighted by Gasteiger charge is -2.31. The van der Waals surface area contributed by atoms with Crippen molar-refractivity contribution >= 4 is 31.0 Å². The summed E-state index contributed by atoms with van der Waals surface area (Å²) >= 11 is 0. The monoisotopic (exact) mass is 402 g/mol. The summed E-state index contributed by atoms with van der Waals surface area (Å²) in [7, 11) is -6.98. The molecule has 1 saturated heterocycles. The van der Waals surface area contributed by atoms with Crippen molar-refractivity contribution in [3.63, 3.8) is 0 Å². The zero-order valence-corrected chi connectivity index (χ0v) is 16.3. The normalized spacial score (nSPS) is 18.0. The number of sulfonamides is 1. The van der Waals surface area contributed by atoms with Crippen LogP contribution in [0.15, 0.2) is 32.3 Å². The number of aromatic nitrogens is 1. The Morgan fingerprint density at radius 3 is 2.46 bits per heavy atom. The van der Waals surface area contributed by atoms with Crippen LogP contribution in [0.4, 0.5) is 0 Å². The molecule has 2 aromatic rings. The van der Waals surface area contributed by atoms with E-state index < -0.39 is 30.9 Å². The van der Waals surface area contributed by atoms with Gasteiger partial charge in [-0.05, 0) is 37.0 Å². The molecule has 26 heavy (non-hydrogen) atoms. The zero-order chi connectivity index (χ0) is 19.1. The summed E-state index contributed by atoms with van der Waals surface area (Å²) < 4.78 is 56.5. The molecule has 1 aromatic heterocycles.